The van der Waals surface area contributed by atoms with Gasteiger partial charge in [0.05, 0.1) is 12.2 Å². The predicted molar refractivity (Wildman–Crippen MR) is 105 cm³/mol. The Morgan fingerprint density at radius 2 is 1.93 bits per heavy atom. The number of hydrazone groups is 1. The van der Waals surface area contributed by atoms with Crippen molar-refractivity contribution in [1.82, 2.24) is 10.4 Å². The van der Waals surface area contributed by atoms with Crippen LogP contribution in [-0.2, 0) is 9.59 Å². The van der Waals surface area contributed by atoms with E-state index in [1.165, 1.54) is 6.21 Å². The van der Waals surface area contributed by atoms with E-state index < -0.39 is 23.2 Å². The minimum absolute atomic E-state index is 0.0328. The Morgan fingerprint density at radius 3 is 2.57 bits per heavy atom. The number of aromatic nitrogens is 1. The van der Waals surface area contributed by atoms with Crippen LogP contribution in [0, 0.1) is 5.41 Å². The van der Waals surface area contributed by atoms with Gasteiger partial charge >= 0.3 is 0 Å². The van der Waals surface area contributed by atoms with Crippen molar-refractivity contribution < 1.29 is 14.7 Å². The van der Waals surface area contributed by atoms with Gasteiger partial charge in [-0.05, 0) is 55.2 Å². The maximum atomic E-state index is 13.0. The molecule has 1 aliphatic rings. The van der Waals surface area contributed by atoms with Crippen molar-refractivity contribution >= 4 is 29.7 Å². The van der Waals surface area contributed by atoms with Crippen LogP contribution in [0.2, 0.25) is 5.02 Å². The number of nitrogens with zero attached hydrogens (tertiary/aromatic N) is 2. The third-order valence-corrected chi connectivity index (χ3v) is 5.27. The smallest absolute Gasteiger partial charge is 0.252 e. The zero-order chi connectivity index (χ0) is 20.1. The number of hydrogen-bond acceptors (Lipinski definition) is 5. The topological polar surface area (TPSA) is 94.5 Å². The van der Waals surface area contributed by atoms with E-state index in [-0.39, 0.29) is 6.42 Å². The number of nitrogens with one attached hydrogen (secondary N) is 1. The van der Waals surface area contributed by atoms with Gasteiger partial charge in [-0.3, -0.25) is 9.78 Å². The molecule has 0 fully saturated rings. The van der Waals surface area contributed by atoms with Gasteiger partial charge in [0.1, 0.15) is 5.41 Å². The van der Waals surface area contributed by atoms with Crippen molar-refractivity contribution in [3.8, 4) is 0 Å². The van der Waals surface area contributed by atoms with Crippen LogP contribution in [0.25, 0.3) is 0 Å². The number of benzene rings is 1. The van der Waals surface area contributed by atoms with E-state index >= 15 is 0 Å². The van der Waals surface area contributed by atoms with Gasteiger partial charge in [0.25, 0.3) is 5.91 Å². The summed E-state index contributed by atoms with van der Waals surface area (Å²) in [5, 5.41) is 16.7. The summed E-state index contributed by atoms with van der Waals surface area (Å²) in [5.41, 5.74) is 3.09. The van der Waals surface area contributed by atoms with Gasteiger partial charge in [0, 0.05) is 23.3 Å². The van der Waals surface area contributed by atoms with Crippen LogP contribution in [0.15, 0.2) is 65.5 Å². The van der Waals surface area contributed by atoms with Gasteiger partial charge in [-0.25, -0.2) is 5.43 Å². The van der Waals surface area contributed by atoms with Crippen LogP contribution in [0.1, 0.15) is 36.8 Å². The van der Waals surface area contributed by atoms with E-state index in [0.717, 1.165) is 11.1 Å². The molecule has 1 aromatic carbocycles. The Bertz CT molecular complexity index is 926. The van der Waals surface area contributed by atoms with Gasteiger partial charge in [-0.15, -0.1) is 0 Å². The zero-order valence-electron chi connectivity index (χ0n) is 15.3. The Labute approximate surface area is 167 Å². The van der Waals surface area contributed by atoms with Crippen molar-refractivity contribution in [1.29, 1.82) is 0 Å². The first-order chi connectivity index (χ1) is 13.4. The number of aliphatic carboxylic acids is 1. The number of amides is 1. The highest BCUT2D eigenvalue weighted by atomic mass is 35.5. The lowest BCUT2D eigenvalue weighted by Crippen LogP contribution is -2.55. The molecule has 28 heavy (non-hydrogen) atoms. The number of allylic oxidation sites excluding steroid dienone is 2. The van der Waals surface area contributed by atoms with Crippen molar-refractivity contribution in [2.24, 2.45) is 10.5 Å². The average Bonchev–Trinajstić information content (AvgIpc) is 2.69. The summed E-state index contributed by atoms with van der Waals surface area (Å²) in [4.78, 5) is 29.1. The van der Waals surface area contributed by atoms with E-state index in [1.807, 2.05) is 6.92 Å². The first-order valence-electron chi connectivity index (χ1n) is 8.79. The monoisotopic (exact) mass is 396 g/mol. The first kappa shape index (κ1) is 19.8. The van der Waals surface area contributed by atoms with Crippen LogP contribution >= 0.6 is 11.6 Å². The van der Waals surface area contributed by atoms with Gasteiger partial charge in [0.15, 0.2) is 0 Å². The standard InChI is InChI=1S/C21H20ClN3O3/c1-14-6-9-21(20(27)28,18(12-14)16-2-4-17(22)5-3-16)19(26)25-24-13-15-7-10-23-11-8-15/h2-8,10-11,13,18H,9,12H2,1H3,(H,25,26)(H,27,28)/p-1/b24-13-/t18-,21+/m0/s1. The van der Waals surface area contributed by atoms with Crippen LogP contribution in [0.5, 0.6) is 0 Å². The number of rotatable bonds is 5. The number of pyridine rings is 1. The summed E-state index contributed by atoms with van der Waals surface area (Å²) in [6.07, 6.45) is 6.86. The molecule has 0 bridgehead atoms. The molecular weight excluding hydrogens is 378 g/mol. The lowest BCUT2D eigenvalue weighted by molar-refractivity contribution is -0.318. The maximum Gasteiger partial charge on any atom is 0.252 e. The van der Waals surface area contributed by atoms with Crippen molar-refractivity contribution in [2.75, 3.05) is 0 Å². The Balaban J connectivity index is 1.93. The highest BCUT2D eigenvalue weighted by Crippen LogP contribution is 2.47. The SMILES string of the molecule is CC1=CC[C@](C(=O)[O-])(C(=O)N/N=C\c2ccncc2)[C@H](c2ccc(Cl)cc2)C1. The van der Waals surface area contributed by atoms with E-state index in [0.29, 0.717) is 17.0 Å². The Hall–Kier alpha value is -2.99. The number of halogens is 1. The molecule has 3 rings (SSSR count). The number of carboxylic acids is 1. The molecule has 0 unspecified atom stereocenters. The minimum atomic E-state index is -1.76. The van der Waals surface area contributed by atoms with Gasteiger partial charge in [0.2, 0.25) is 0 Å². The molecule has 6 nitrogen and oxygen atoms in total. The normalized spacial score (nSPS) is 21.9. The summed E-state index contributed by atoms with van der Waals surface area (Å²) >= 11 is 5.96. The molecule has 0 spiro atoms. The second-order valence-corrected chi connectivity index (χ2v) is 7.24. The van der Waals surface area contributed by atoms with E-state index in [2.05, 4.69) is 15.5 Å². The lowest BCUT2D eigenvalue weighted by Gasteiger charge is -2.42. The van der Waals surface area contributed by atoms with E-state index in [1.54, 1.807) is 54.9 Å². The third-order valence-electron chi connectivity index (χ3n) is 5.02. The highest BCUT2D eigenvalue weighted by Gasteiger charge is 2.48. The molecule has 1 heterocycles. The molecule has 0 aliphatic heterocycles. The summed E-state index contributed by atoms with van der Waals surface area (Å²) in [7, 11) is 0. The fourth-order valence-corrected chi connectivity index (χ4v) is 3.56. The largest absolute Gasteiger partial charge is 0.549 e. The van der Waals surface area contributed by atoms with Crippen LogP contribution < -0.4 is 10.5 Å². The number of carboxylic acid groups (broad SMARTS) is 1. The second-order valence-electron chi connectivity index (χ2n) is 6.80. The maximum absolute atomic E-state index is 13.0. The molecule has 1 aromatic heterocycles. The minimum Gasteiger partial charge on any atom is -0.549 e. The fraction of sp³-hybridized carbons (Fsp3) is 0.238. The molecule has 1 amide bonds. The third kappa shape index (κ3) is 3.97. The second kappa shape index (κ2) is 8.35. The fourth-order valence-electron chi connectivity index (χ4n) is 3.44. The van der Waals surface area contributed by atoms with Gasteiger partial charge < -0.3 is 9.90 Å². The summed E-state index contributed by atoms with van der Waals surface area (Å²) in [5.74, 6) is -2.72. The highest BCUT2D eigenvalue weighted by molar-refractivity contribution is 6.30. The molecule has 1 N–H and O–H groups in total. The molecule has 0 radical (unpaired) electrons. The van der Waals surface area contributed by atoms with Crippen molar-refractivity contribution in [2.45, 2.75) is 25.7 Å². The molecule has 1 aliphatic carbocycles. The van der Waals surface area contributed by atoms with Crippen LogP contribution in [-0.4, -0.2) is 23.1 Å². The average molecular weight is 397 g/mol. The molecule has 144 valence electrons. The Morgan fingerprint density at radius 1 is 1.25 bits per heavy atom. The summed E-state index contributed by atoms with van der Waals surface area (Å²) in [6, 6.07) is 10.3. The molecule has 0 saturated carbocycles. The molecular formula is C21H19ClN3O3-. The number of carbonyl (C=O) groups is 2. The van der Waals surface area contributed by atoms with E-state index in [9.17, 15) is 14.7 Å². The van der Waals surface area contributed by atoms with Crippen LogP contribution in [0.3, 0.4) is 0 Å². The van der Waals surface area contributed by atoms with Crippen molar-refractivity contribution in [3.63, 3.8) is 0 Å². The van der Waals surface area contributed by atoms with Gasteiger partial charge in [-0.2, -0.15) is 5.10 Å². The molecule has 7 heteroatoms. The number of hydrogen-bond donors (Lipinski definition) is 1. The molecule has 2 aromatic rings. The summed E-state index contributed by atoms with van der Waals surface area (Å²) < 4.78 is 0. The molecule has 0 saturated heterocycles. The summed E-state index contributed by atoms with van der Waals surface area (Å²) in [6.45, 7) is 1.92. The Kier molecular flexibility index (Phi) is 5.90. The van der Waals surface area contributed by atoms with Gasteiger partial charge in [-0.1, -0.05) is 35.4 Å². The van der Waals surface area contributed by atoms with E-state index in [4.69, 9.17) is 11.6 Å². The quantitative estimate of drug-likeness (QED) is 0.363. The predicted octanol–water partition coefficient (Wildman–Crippen LogP) is 2.45. The van der Waals surface area contributed by atoms with Crippen molar-refractivity contribution in [3.05, 3.63) is 76.6 Å². The molecule has 2 atom stereocenters. The zero-order valence-corrected chi connectivity index (χ0v) is 16.0. The first-order valence-corrected chi connectivity index (χ1v) is 9.17. The number of carbonyl (C=O) groups excluding carboxylic acids is 2. The van der Waals surface area contributed by atoms with Crippen LogP contribution in [0.4, 0.5) is 0 Å². The lowest BCUT2D eigenvalue weighted by atomic mass is 9.64.